The Labute approximate surface area is 101 Å². The van der Waals surface area contributed by atoms with Crippen molar-refractivity contribution in [1.29, 1.82) is 0 Å². The zero-order valence-electron chi connectivity index (χ0n) is 10.3. The summed E-state index contributed by atoms with van der Waals surface area (Å²) >= 11 is 0. The van der Waals surface area contributed by atoms with Gasteiger partial charge in [-0.15, -0.1) is 0 Å². The van der Waals surface area contributed by atoms with E-state index >= 15 is 0 Å². The summed E-state index contributed by atoms with van der Waals surface area (Å²) in [5, 5.41) is 19.7. The van der Waals surface area contributed by atoms with Gasteiger partial charge in [0.15, 0.2) is 0 Å². The van der Waals surface area contributed by atoms with E-state index in [0.29, 0.717) is 5.56 Å². The molecule has 0 atom stereocenters. The number of rotatable bonds is 1. The molecule has 2 N–H and O–H groups in total. The summed E-state index contributed by atoms with van der Waals surface area (Å²) in [6.07, 6.45) is 0. The normalized spacial score (nSPS) is 10.5. The van der Waals surface area contributed by atoms with E-state index < -0.39 is 0 Å². The van der Waals surface area contributed by atoms with Gasteiger partial charge in [-0.3, -0.25) is 0 Å². The van der Waals surface area contributed by atoms with Gasteiger partial charge in [0.05, 0.1) is 0 Å². The molecule has 0 spiro atoms. The molecule has 0 aromatic heterocycles. The van der Waals surface area contributed by atoms with Gasteiger partial charge in [-0.25, -0.2) is 0 Å². The molecule has 2 aromatic rings. The Hall–Kier alpha value is -1.96. The molecule has 0 unspecified atom stereocenters. The van der Waals surface area contributed by atoms with Crippen molar-refractivity contribution in [2.45, 2.75) is 20.8 Å². The fourth-order valence-electron chi connectivity index (χ4n) is 1.92. The molecule has 0 saturated heterocycles. The molecule has 2 nitrogen and oxygen atoms in total. The summed E-state index contributed by atoms with van der Waals surface area (Å²) in [6, 6.07) is 9.72. The molecule has 0 fully saturated rings. The standard InChI is InChI=1S/C15H16O2/c1-9-4-6-12(7-5-9)13-8-14(16)11(3)15(17)10(13)2/h4-8,16-17H,1-3H3. The highest BCUT2D eigenvalue weighted by atomic mass is 16.3. The summed E-state index contributed by atoms with van der Waals surface area (Å²) in [5.41, 5.74) is 4.37. The van der Waals surface area contributed by atoms with E-state index in [1.54, 1.807) is 13.0 Å². The van der Waals surface area contributed by atoms with E-state index in [4.69, 9.17) is 0 Å². The Balaban J connectivity index is 2.64. The molecule has 0 aliphatic rings. The Bertz CT molecular complexity index is 554. The molecule has 2 heteroatoms. The average Bonchev–Trinajstić information content (AvgIpc) is 2.32. The molecule has 88 valence electrons. The molecular formula is C15H16O2. The summed E-state index contributed by atoms with van der Waals surface area (Å²) in [5.74, 6) is 0.296. The van der Waals surface area contributed by atoms with Crippen molar-refractivity contribution in [3.05, 3.63) is 47.0 Å². The number of phenols is 2. The fourth-order valence-corrected chi connectivity index (χ4v) is 1.92. The maximum atomic E-state index is 9.92. The van der Waals surface area contributed by atoms with Crippen molar-refractivity contribution in [1.82, 2.24) is 0 Å². The van der Waals surface area contributed by atoms with Crippen LogP contribution in [0.25, 0.3) is 11.1 Å². The van der Waals surface area contributed by atoms with Gasteiger partial charge in [-0.05, 0) is 43.5 Å². The van der Waals surface area contributed by atoms with Crippen LogP contribution in [0.2, 0.25) is 0 Å². The van der Waals surface area contributed by atoms with Crippen LogP contribution in [0.3, 0.4) is 0 Å². The van der Waals surface area contributed by atoms with Crippen LogP contribution in [0.5, 0.6) is 11.5 Å². The second kappa shape index (κ2) is 4.13. The van der Waals surface area contributed by atoms with E-state index in [0.717, 1.165) is 16.7 Å². The lowest BCUT2D eigenvalue weighted by Crippen LogP contribution is -1.88. The Morgan fingerprint density at radius 1 is 0.824 bits per heavy atom. The zero-order valence-corrected chi connectivity index (χ0v) is 10.3. The predicted octanol–water partition coefficient (Wildman–Crippen LogP) is 3.69. The highest BCUT2D eigenvalue weighted by Crippen LogP contribution is 2.37. The number of aryl methyl sites for hydroxylation is 1. The van der Waals surface area contributed by atoms with Gasteiger partial charge < -0.3 is 10.2 Å². The van der Waals surface area contributed by atoms with Crippen LogP contribution in [-0.2, 0) is 0 Å². The van der Waals surface area contributed by atoms with Gasteiger partial charge in [0.1, 0.15) is 11.5 Å². The third kappa shape index (κ3) is 1.98. The summed E-state index contributed by atoms with van der Waals surface area (Å²) < 4.78 is 0. The molecule has 0 amide bonds. The van der Waals surface area contributed by atoms with Gasteiger partial charge in [0, 0.05) is 5.56 Å². The van der Waals surface area contributed by atoms with Crippen molar-refractivity contribution in [3.63, 3.8) is 0 Å². The molecule has 0 aliphatic carbocycles. The van der Waals surface area contributed by atoms with Crippen molar-refractivity contribution in [2.75, 3.05) is 0 Å². The van der Waals surface area contributed by atoms with Crippen LogP contribution >= 0.6 is 0 Å². The summed E-state index contributed by atoms with van der Waals surface area (Å²) in [6.45, 7) is 5.59. The minimum absolute atomic E-state index is 0.128. The van der Waals surface area contributed by atoms with Crippen molar-refractivity contribution in [2.24, 2.45) is 0 Å². The summed E-state index contributed by atoms with van der Waals surface area (Å²) in [4.78, 5) is 0. The number of aromatic hydroxyl groups is 2. The van der Waals surface area contributed by atoms with Gasteiger partial charge in [0.2, 0.25) is 0 Å². The lowest BCUT2D eigenvalue weighted by Gasteiger charge is -2.12. The quantitative estimate of drug-likeness (QED) is 0.781. The van der Waals surface area contributed by atoms with E-state index in [-0.39, 0.29) is 11.5 Å². The first kappa shape index (κ1) is 11.5. The van der Waals surface area contributed by atoms with Crippen LogP contribution in [0.4, 0.5) is 0 Å². The van der Waals surface area contributed by atoms with Crippen LogP contribution in [0.1, 0.15) is 16.7 Å². The molecule has 17 heavy (non-hydrogen) atoms. The third-order valence-corrected chi connectivity index (χ3v) is 3.14. The molecule has 0 radical (unpaired) electrons. The first-order valence-electron chi connectivity index (χ1n) is 5.60. The van der Waals surface area contributed by atoms with E-state index in [1.807, 2.05) is 38.1 Å². The number of hydrogen-bond donors (Lipinski definition) is 2. The third-order valence-electron chi connectivity index (χ3n) is 3.14. The van der Waals surface area contributed by atoms with Crippen LogP contribution < -0.4 is 0 Å². The number of phenolic OH excluding ortho intramolecular Hbond substituents is 2. The predicted molar refractivity (Wildman–Crippen MR) is 69.4 cm³/mol. The second-order valence-electron chi connectivity index (χ2n) is 4.41. The van der Waals surface area contributed by atoms with Crippen LogP contribution in [-0.4, -0.2) is 10.2 Å². The van der Waals surface area contributed by atoms with Crippen molar-refractivity contribution in [3.8, 4) is 22.6 Å². The van der Waals surface area contributed by atoms with E-state index in [9.17, 15) is 10.2 Å². The van der Waals surface area contributed by atoms with Gasteiger partial charge in [0.25, 0.3) is 0 Å². The lowest BCUT2D eigenvalue weighted by molar-refractivity contribution is 0.441. The van der Waals surface area contributed by atoms with E-state index in [2.05, 4.69) is 0 Å². The van der Waals surface area contributed by atoms with Gasteiger partial charge >= 0.3 is 0 Å². The second-order valence-corrected chi connectivity index (χ2v) is 4.41. The van der Waals surface area contributed by atoms with Crippen LogP contribution in [0.15, 0.2) is 30.3 Å². The molecule has 2 aromatic carbocycles. The Kier molecular flexibility index (Phi) is 2.80. The fraction of sp³-hybridized carbons (Fsp3) is 0.200. The highest BCUT2D eigenvalue weighted by Gasteiger charge is 2.12. The first-order valence-corrected chi connectivity index (χ1v) is 5.60. The maximum absolute atomic E-state index is 9.92. The minimum Gasteiger partial charge on any atom is -0.508 e. The molecular weight excluding hydrogens is 212 g/mol. The monoisotopic (exact) mass is 228 g/mol. The molecule has 2 rings (SSSR count). The molecule has 0 aliphatic heterocycles. The zero-order chi connectivity index (χ0) is 12.6. The number of benzene rings is 2. The van der Waals surface area contributed by atoms with Crippen molar-refractivity contribution >= 4 is 0 Å². The average molecular weight is 228 g/mol. The highest BCUT2D eigenvalue weighted by molar-refractivity contribution is 5.73. The van der Waals surface area contributed by atoms with Crippen LogP contribution in [0, 0.1) is 20.8 Å². The lowest BCUT2D eigenvalue weighted by atomic mass is 9.96. The Morgan fingerprint density at radius 2 is 1.41 bits per heavy atom. The first-order chi connectivity index (χ1) is 8.00. The topological polar surface area (TPSA) is 40.5 Å². The molecule has 0 saturated carbocycles. The molecule has 0 bridgehead atoms. The van der Waals surface area contributed by atoms with Gasteiger partial charge in [-0.2, -0.15) is 0 Å². The van der Waals surface area contributed by atoms with Crippen molar-refractivity contribution < 1.29 is 10.2 Å². The summed E-state index contributed by atoms with van der Waals surface area (Å²) in [7, 11) is 0. The Morgan fingerprint density at radius 3 is 2.00 bits per heavy atom. The molecule has 0 heterocycles. The maximum Gasteiger partial charge on any atom is 0.125 e. The largest absolute Gasteiger partial charge is 0.508 e. The number of hydrogen-bond acceptors (Lipinski definition) is 2. The smallest absolute Gasteiger partial charge is 0.125 e. The van der Waals surface area contributed by atoms with E-state index in [1.165, 1.54) is 5.56 Å². The minimum atomic E-state index is 0.128. The SMILES string of the molecule is Cc1ccc(-c2cc(O)c(C)c(O)c2C)cc1. The van der Waals surface area contributed by atoms with Gasteiger partial charge in [-0.1, -0.05) is 29.8 Å².